The first-order chi connectivity index (χ1) is 15.5. The smallest absolute Gasteiger partial charge is 0.261 e. The van der Waals surface area contributed by atoms with Crippen molar-refractivity contribution >= 4 is 11.7 Å². The Balaban J connectivity index is 1.24. The molecule has 0 aliphatic carbocycles. The molecule has 0 N–H and O–H groups in total. The lowest BCUT2D eigenvalue weighted by Crippen LogP contribution is -2.47. The van der Waals surface area contributed by atoms with Crippen LogP contribution in [0.2, 0.25) is 0 Å². The highest BCUT2D eigenvalue weighted by molar-refractivity contribution is 5.98. The molecule has 0 bridgehead atoms. The monoisotopic (exact) mass is 436 g/mol. The van der Waals surface area contributed by atoms with Gasteiger partial charge in [0.1, 0.15) is 17.8 Å². The molecular formula is C25H32N4O3. The number of hydrogen-bond donors (Lipinski definition) is 0. The number of anilines is 1. The number of amides is 1. The van der Waals surface area contributed by atoms with Crippen LogP contribution in [0.1, 0.15) is 35.7 Å². The number of carbonyl (C=O) groups is 1. The van der Waals surface area contributed by atoms with Crippen LogP contribution < -0.4 is 14.4 Å². The van der Waals surface area contributed by atoms with Crippen molar-refractivity contribution in [2.24, 2.45) is 0 Å². The van der Waals surface area contributed by atoms with E-state index in [-0.39, 0.29) is 5.91 Å². The summed E-state index contributed by atoms with van der Waals surface area (Å²) in [4.78, 5) is 24.3. The molecule has 7 heteroatoms. The Morgan fingerprint density at radius 3 is 2.59 bits per heavy atom. The number of aromatic nitrogens is 1. The molecule has 7 nitrogen and oxygen atoms in total. The van der Waals surface area contributed by atoms with E-state index in [1.165, 1.54) is 0 Å². The number of fused-ring (bicyclic) bond motifs is 1. The first-order valence-electron chi connectivity index (χ1n) is 11.3. The molecule has 0 radical (unpaired) electrons. The van der Waals surface area contributed by atoms with Crippen LogP contribution in [0.4, 0.5) is 5.82 Å². The average Bonchev–Trinajstić information content (AvgIpc) is 2.93. The maximum atomic E-state index is 13.1. The molecule has 3 heterocycles. The van der Waals surface area contributed by atoms with E-state index in [0.717, 1.165) is 62.6 Å². The summed E-state index contributed by atoms with van der Waals surface area (Å²) in [5, 5.41) is 0. The quantitative estimate of drug-likeness (QED) is 0.617. The highest BCUT2D eigenvalue weighted by Gasteiger charge is 2.24. The Kier molecular flexibility index (Phi) is 6.95. The van der Waals surface area contributed by atoms with Crippen LogP contribution in [0.15, 0.2) is 48.4 Å². The lowest BCUT2D eigenvalue weighted by molar-refractivity contribution is 0.0804. The maximum absolute atomic E-state index is 13.1. The average molecular weight is 437 g/mol. The van der Waals surface area contributed by atoms with Crippen molar-refractivity contribution in [2.75, 3.05) is 51.3 Å². The number of aryl methyl sites for hydroxylation is 1. The standard InChI is InChI=1S/C25H32N4O3/c1-19-9-10-22-21(17-19)25(30)29(20(2)18-32-22)12-5-4-11-27-13-15-28(16-14-27)23-7-6-8-24(26-23)31-3/h6-10,17-18H,4-5,11-16H2,1-3H3. The van der Waals surface area contributed by atoms with E-state index in [4.69, 9.17) is 9.47 Å². The molecule has 0 atom stereocenters. The van der Waals surface area contributed by atoms with Crippen molar-refractivity contribution in [3.8, 4) is 11.6 Å². The van der Waals surface area contributed by atoms with Crippen LogP contribution in [0.5, 0.6) is 11.6 Å². The van der Waals surface area contributed by atoms with Gasteiger partial charge in [-0.25, -0.2) is 0 Å². The normalized spacial score (nSPS) is 16.8. The van der Waals surface area contributed by atoms with E-state index in [0.29, 0.717) is 23.7 Å². The van der Waals surface area contributed by atoms with Gasteiger partial charge in [0.05, 0.1) is 18.4 Å². The summed E-state index contributed by atoms with van der Waals surface area (Å²) in [5.41, 5.74) is 2.55. The summed E-state index contributed by atoms with van der Waals surface area (Å²) in [5.74, 6) is 2.28. The third-order valence-electron chi connectivity index (χ3n) is 6.11. The van der Waals surface area contributed by atoms with Crippen molar-refractivity contribution < 1.29 is 14.3 Å². The molecule has 0 saturated carbocycles. The minimum absolute atomic E-state index is 0.0225. The van der Waals surface area contributed by atoms with Gasteiger partial charge < -0.3 is 19.3 Å². The number of hydrogen-bond acceptors (Lipinski definition) is 6. The van der Waals surface area contributed by atoms with Gasteiger partial charge in [-0.05, 0) is 51.4 Å². The topological polar surface area (TPSA) is 58.1 Å². The lowest BCUT2D eigenvalue weighted by Gasteiger charge is -2.35. The van der Waals surface area contributed by atoms with Crippen molar-refractivity contribution in [3.63, 3.8) is 0 Å². The summed E-state index contributed by atoms with van der Waals surface area (Å²) in [6, 6.07) is 11.6. The molecule has 1 saturated heterocycles. The summed E-state index contributed by atoms with van der Waals surface area (Å²) in [7, 11) is 1.65. The highest BCUT2D eigenvalue weighted by atomic mass is 16.5. The number of unbranched alkanes of at least 4 members (excludes halogenated alkanes) is 1. The van der Waals surface area contributed by atoms with Gasteiger partial charge >= 0.3 is 0 Å². The minimum atomic E-state index is 0.0225. The van der Waals surface area contributed by atoms with Gasteiger partial charge in [-0.3, -0.25) is 9.69 Å². The summed E-state index contributed by atoms with van der Waals surface area (Å²) < 4.78 is 11.0. The van der Waals surface area contributed by atoms with Crippen molar-refractivity contribution in [3.05, 3.63) is 59.5 Å². The SMILES string of the molecule is COc1cccc(N2CCN(CCCCN3C(=O)c4cc(C)ccc4OC=C3C)CC2)n1. The van der Waals surface area contributed by atoms with Crippen molar-refractivity contribution in [1.82, 2.24) is 14.8 Å². The van der Waals surface area contributed by atoms with Gasteiger partial charge in [-0.2, -0.15) is 4.98 Å². The van der Waals surface area contributed by atoms with Crippen LogP contribution in [0.25, 0.3) is 0 Å². The van der Waals surface area contributed by atoms with Gasteiger partial charge in [-0.15, -0.1) is 0 Å². The summed E-state index contributed by atoms with van der Waals surface area (Å²) in [6.07, 6.45) is 3.69. The van der Waals surface area contributed by atoms with Crippen LogP contribution in [-0.4, -0.2) is 67.1 Å². The third-order valence-corrected chi connectivity index (χ3v) is 6.11. The minimum Gasteiger partial charge on any atom is -0.481 e. The van der Waals surface area contributed by atoms with Crippen LogP contribution in [-0.2, 0) is 0 Å². The molecule has 0 spiro atoms. The van der Waals surface area contributed by atoms with Gasteiger partial charge in [0.2, 0.25) is 5.88 Å². The predicted octanol–water partition coefficient (Wildman–Crippen LogP) is 3.70. The second-order valence-electron chi connectivity index (χ2n) is 8.41. The van der Waals surface area contributed by atoms with E-state index < -0.39 is 0 Å². The third kappa shape index (κ3) is 5.05. The van der Waals surface area contributed by atoms with Gasteiger partial charge in [-0.1, -0.05) is 17.7 Å². The number of benzene rings is 1. The maximum Gasteiger partial charge on any atom is 0.261 e. The Labute approximate surface area is 190 Å². The number of rotatable bonds is 7. The largest absolute Gasteiger partial charge is 0.481 e. The fraction of sp³-hybridized carbons (Fsp3) is 0.440. The molecule has 1 amide bonds. The Bertz CT molecular complexity index is 983. The molecular weight excluding hydrogens is 404 g/mol. The molecule has 2 aromatic rings. The van der Waals surface area contributed by atoms with E-state index in [1.807, 2.05) is 55.1 Å². The fourth-order valence-electron chi connectivity index (χ4n) is 4.21. The number of pyridine rings is 1. The molecule has 1 aromatic heterocycles. The Hall–Kier alpha value is -3.06. The van der Waals surface area contributed by atoms with Crippen LogP contribution in [0, 0.1) is 6.92 Å². The number of nitrogens with zero attached hydrogens (tertiary/aromatic N) is 4. The summed E-state index contributed by atoms with van der Waals surface area (Å²) >= 11 is 0. The van der Waals surface area contributed by atoms with Crippen LogP contribution >= 0.6 is 0 Å². The van der Waals surface area contributed by atoms with E-state index in [9.17, 15) is 4.79 Å². The molecule has 4 rings (SSSR count). The van der Waals surface area contributed by atoms with Crippen molar-refractivity contribution in [1.29, 1.82) is 0 Å². The zero-order valence-corrected chi connectivity index (χ0v) is 19.2. The van der Waals surface area contributed by atoms with Crippen molar-refractivity contribution in [2.45, 2.75) is 26.7 Å². The Morgan fingerprint density at radius 2 is 1.81 bits per heavy atom. The number of carbonyl (C=O) groups excluding carboxylic acids is 1. The molecule has 170 valence electrons. The molecule has 2 aliphatic heterocycles. The van der Waals surface area contributed by atoms with Gasteiger partial charge in [0, 0.05) is 38.8 Å². The fourth-order valence-corrected chi connectivity index (χ4v) is 4.21. The number of ether oxygens (including phenoxy) is 2. The van der Waals surface area contributed by atoms with E-state index in [1.54, 1.807) is 13.4 Å². The van der Waals surface area contributed by atoms with Crippen LogP contribution in [0.3, 0.4) is 0 Å². The predicted molar refractivity (Wildman–Crippen MR) is 125 cm³/mol. The molecule has 2 aliphatic rings. The van der Waals surface area contributed by atoms with Gasteiger partial charge in [0.15, 0.2) is 0 Å². The molecule has 32 heavy (non-hydrogen) atoms. The first kappa shape index (κ1) is 22.1. The Morgan fingerprint density at radius 1 is 1.03 bits per heavy atom. The lowest BCUT2D eigenvalue weighted by atomic mass is 10.1. The van der Waals surface area contributed by atoms with E-state index >= 15 is 0 Å². The zero-order valence-electron chi connectivity index (χ0n) is 19.2. The number of methoxy groups -OCH3 is 1. The molecule has 1 fully saturated rings. The molecule has 0 unspecified atom stereocenters. The second kappa shape index (κ2) is 10.0. The zero-order chi connectivity index (χ0) is 22.5. The first-order valence-corrected chi connectivity index (χ1v) is 11.3. The number of piperazine rings is 1. The summed E-state index contributed by atoms with van der Waals surface area (Å²) in [6.45, 7) is 9.61. The highest BCUT2D eigenvalue weighted by Crippen LogP contribution is 2.27. The van der Waals surface area contributed by atoms with E-state index in [2.05, 4.69) is 14.8 Å². The molecule has 1 aromatic carbocycles. The number of allylic oxidation sites excluding steroid dienone is 1. The second-order valence-corrected chi connectivity index (χ2v) is 8.41. The van der Waals surface area contributed by atoms with Gasteiger partial charge in [0.25, 0.3) is 5.91 Å².